The van der Waals surface area contributed by atoms with Crippen LogP contribution in [-0.4, -0.2) is 9.97 Å². The molecule has 0 amide bonds. The molecule has 4 heteroatoms. The summed E-state index contributed by atoms with van der Waals surface area (Å²) in [6, 6.07) is 7.71. The van der Waals surface area contributed by atoms with Crippen molar-refractivity contribution in [3.63, 3.8) is 0 Å². The Morgan fingerprint density at radius 3 is 2.62 bits per heavy atom. The first-order valence-electron chi connectivity index (χ1n) is 3.87. The van der Waals surface area contributed by atoms with Gasteiger partial charge in [0.15, 0.2) is 5.16 Å². The van der Waals surface area contributed by atoms with E-state index in [1.807, 2.05) is 24.3 Å². The zero-order chi connectivity index (χ0) is 9.10. The summed E-state index contributed by atoms with van der Waals surface area (Å²) in [4.78, 5) is 8.26. The lowest BCUT2D eigenvalue weighted by Gasteiger charge is -1.97. The number of nitrogens with zero attached hydrogens (tertiary/aromatic N) is 1. The molecule has 0 unspecified atom stereocenters. The summed E-state index contributed by atoms with van der Waals surface area (Å²) < 4.78 is 0. The second-order valence-electron chi connectivity index (χ2n) is 2.57. The Balaban J connectivity index is 2.15. The Morgan fingerprint density at radius 1 is 1.23 bits per heavy atom. The van der Waals surface area contributed by atoms with Gasteiger partial charge in [-0.05, 0) is 24.3 Å². The van der Waals surface area contributed by atoms with Gasteiger partial charge in [-0.15, -0.1) is 0 Å². The van der Waals surface area contributed by atoms with Crippen molar-refractivity contribution in [1.29, 1.82) is 0 Å². The second-order valence-corrected chi connectivity index (χ2v) is 3.63. The number of aromatic nitrogens is 2. The maximum Gasteiger partial charge on any atom is 0.170 e. The summed E-state index contributed by atoms with van der Waals surface area (Å²) in [5, 5.41) is 0.893. The van der Waals surface area contributed by atoms with E-state index >= 15 is 0 Å². The first kappa shape index (κ1) is 8.19. The van der Waals surface area contributed by atoms with Gasteiger partial charge in [-0.3, -0.25) is 0 Å². The summed E-state index contributed by atoms with van der Waals surface area (Å²) in [7, 11) is 0. The van der Waals surface area contributed by atoms with Crippen molar-refractivity contribution < 1.29 is 0 Å². The molecule has 2 rings (SSSR count). The third kappa shape index (κ3) is 2.03. The van der Waals surface area contributed by atoms with Crippen molar-refractivity contribution in [2.45, 2.75) is 10.1 Å². The number of imidazole rings is 1. The van der Waals surface area contributed by atoms with Gasteiger partial charge in [0, 0.05) is 23.0 Å². The van der Waals surface area contributed by atoms with E-state index in [1.54, 1.807) is 24.2 Å². The molecule has 3 N–H and O–H groups in total. The molecule has 0 atom stereocenters. The smallest absolute Gasteiger partial charge is 0.170 e. The van der Waals surface area contributed by atoms with Crippen LogP contribution in [0.15, 0.2) is 46.7 Å². The Labute approximate surface area is 80.4 Å². The highest BCUT2D eigenvalue weighted by molar-refractivity contribution is 7.99. The predicted molar refractivity (Wildman–Crippen MR) is 53.6 cm³/mol. The monoisotopic (exact) mass is 191 g/mol. The van der Waals surface area contributed by atoms with Gasteiger partial charge < -0.3 is 10.7 Å². The molecule has 0 fully saturated rings. The minimum atomic E-state index is 0.781. The van der Waals surface area contributed by atoms with Gasteiger partial charge in [0.2, 0.25) is 0 Å². The van der Waals surface area contributed by atoms with Gasteiger partial charge in [0.1, 0.15) is 0 Å². The van der Waals surface area contributed by atoms with E-state index < -0.39 is 0 Å². The highest BCUT2D eigenvalue weighted by Crippen LogP contribution is 2.24. The summed E-state index contributed by atoms with van der Waals surface area (Å²) in [6.45, 7) is 0. The summed E-state index contributed by atoms with van der Waals surface area (Å²) in [5.41, 5.74) is 6.35. The van der Waals surface area contributed by atoms with E-state index in [0.29, 0.717) is 0 Å². The molecule has 0 aliphatic rings. The van der Waals surface area contributed by atoms with Crippen LogP contribution in [0.4, 0.5) is 5.69 Å². The van der Waals surface area contributed by atoms with Crippen molar-refractivity contribution in [2.75, 3.05) is 5.73 Å². The van der Waals surface area contributed by atoms with Crippen LogP contribution in [0.2, 0.25) is 0 Å². The number of benzene rings is 1. The van der Waals surface area contributed by atoms with Crippen molar-refractivity contribution in [3.8, 4) is 0 Å². The Morgan fingerprint density at radius 2 is 2.00 bits per heavy atom. The van der Waals surface area contributed by atoms with Crippen molar-refractivity contribution in [2.24, 2.45) is 0 Å². The predicted octanol–water partition coefficient (Wildman–Crippen LogP) is 2.14. The van der Waals surface area contributed by atoms with Crippen LogP contribution in [0.25, 0.3) is 0 Å². The summed E-state index contributed by atoms with van der Waals surface area (Å²) in [5.74, 6) is 0. The van der Waals surface area contributed by atoms with Crippen molar-refractivity contribution >= 4 is 17.4 Å². The van der Waals surface area contributed by atoms with Gasteiger partial charge in [0.05, 0.1) is 0 Å². The zero-order valence-electron chi connectivity index (χ0n) is 6.90. The maximum atomic E-state index is 5.57. The van der Waals surface area contributed by atoms with Gasteiger partial charge in [-0.2, -0.15) is 0 Å². The van der Waals surface area contributed by atoms with E-state index in [9.17, 15) is 0 Å². The third-order valence-corrected chi connectivity index (χ3v) is 2.49. The average molecular weight is 191 g/mol. The number of H-pyrrole nitrogens is 1. The van der Waals surface area contributed by atoms with Gasteiger partial charge in [-0.1, -0.05) is 11.8 Å². The van der Waals surface area contributed by atoms with Crippen molar-refractivity contribution in [3.05, 3.63) is 36.7 Å². The lowest BCUT2D eigenvalue weighted by atomic mass is 10.3. The largest absolute Gasteiger partial charge is 0.399 e. The number of hydrogen-bond acceptors (Lipinski definition) is 3. The Kier molecular flexibility index (Phi) is 2.23. The van der Waals surface area contributed by atoms with Gasteiger partial charge in [-0.25, -0.2) is 4.98 Å². The fourth-order valence-electron chi connectivity index (χ4n) is 0.954. The number of aromatic amines is 1. The second kappa shape index (κ2) is 3.53. The van der Waals surface area contributed by atoms with E-state index in [1.165, 1.54) is 0 Å². The number of nitrogens with two attached hydrogens (primary N) is 1. The third-order valence-electron chi connectivity index (χ3n) is 1.57. The first-order valence-corrected chi connectivity index (χ1v) is 4.69. The molecule has 3 nitrogen and oxygen atoms in total. The first-order chi connectivity index (χ1) is 6.34. The minimum Gasteiger partial charge on any atom is -0.399 e. The number of nitrogens with one attached hydrogen (secondary N) is 1. The molecule has 1 aromatic carbocycles. The van der Waals surface area contributed by atoms with Crippen LogP contribution in [0.1, 0.15) is 0 Å². The SMILES string of the molecule is Nc1ccc(Sc2ncc[nH]2)cc1. The fourth-order valence-corrected chi connectivity index (χ4v) is 1.69. The van der Waals surface area contributed by atoms with Crippen LogP contribution >= 0.6 is 11.8 Å². The number of rotatable bonds is 2. The number of hydrogen-bond donors (Lipinski definition) is 2. The lowest BCUT2D eigenvalue weighted by Crippen LogP contribution is -1.82. The van der Waals surface area contributed by atoms with E-state index in [2.05, 4.69) is 9.97 Å². The molecule has 1 heterocycles. The van der Waals surface area contributed by atoms with Crippen LogP contribution in [0, 0.1) is 0 Å². The van der Waals surface area contributed by atoms with Crippen LogP contribution < -0.4 is 5.73 Å². The summed E-state index contributed by atoms with van der Waals surface area (Å²) in [6.07, 6.45) is 3.54. The molecule has 13 heavy (non-hydrogen) atoms. The van der Waals surface area contributed by atoms with E-state index in [0.717, 1.165) is 15.7 Å². The molecule has 1 aromatic heterocycles. The Bertz CT molecular complexity index is 366. The molecule has 66 valence electrons. The topological polar surface area (TPSA) is 54.7 Å². The van der Waals surface area contributed by atoms with Crippen LogP contribution in [0.3, 0.4) is 0 Å². The quantitative estimate of drug-likeness (QED) is 0.715. The highest BCUT2D eigenvalue weighted by Gasteiger charge is 1.97. The lowest BCUT2D eigenvalue weighted by molar-refractivity contribution is 1.06. The molecular weight excluding hydrogens is 182 g/mol. The molecule has 0 aliphatic heterocycles. The normalized spacial score (nSPS) is 10.2. The average Bonchev–Trinajstić information content (AvgIpc) is 2.62. The van der Waals surface area contributed by atoms with Crippen LogP contribution in [0.5, 0.6) is 0 Å². The van der Waals surface area contributed by atoms with Crippen molar-refractivity contribution in [1.82, 2.24) is 9.97 Å². The van der Waals surface area contributed by atoms with E-state index in [4.69, 9.17) is 5.73 Å². The zero-order valence-corrected chi connectivity index (χ0v) is 7.71. The standard InChI is InChI=1S/C9H9N3S/c10-7-1-3-8(4-2-7)13-9-11-5-6-12-9/h1-6H,10H2,(H,11,12). The number of nitrogen functional groups attached to an aromatic ring is 1. The molecular formula is C9H9N3S. The molecule has 0 saturated heterocycles. The van der Waals surface area contributed by atoms with Gasteiger partial charge in [0.25, 0.3) is 0 Å². The molecule has 0 saturated carbocycles. The molecule has 0 radical (unpaired) electrons. The molecule has 0 bridgehead atoms. The number of anilines is 1. The molecule has 0 aliphatic carbocycles. The molecule has 0 spiro atoms. The van der Waals surface area contributed by atoms with E-state index in [-0.39, 0.29) is 0 Å². The summed E-state index contributed by atoms with van der Waals surface area (Å²) >= 11 is 1.58. The fraction of sp³-hybridized carbons (Fsp3) is 0. The van der Waals surface area contributed by atoms with Gasteiger partial charge >= 0.3 is 0 Å². The maximum absolute atomic E-state index is 5.57. The van der Waals surface area contributed by atoms with Crippen LogP contribution in [-0.2, 0) is 0 Å². The molecule has 2 aromatic rings. The minimum absolute atomic E-state index is 0.781. The Hall–Kier alpha value is -1.42. The highest BCUT2D eigenvalue weighted by atomic mass is 32.2.